The Morgan fingerprint density at radius 1 is 1.32 bits per heavy atom. The Bertz CT molecular complexity index is 520. The predicted molar refractivity (Wildman–Crippen MR) is 85.0 cm³/mol. The molecule has 1 aromatic rings. The predicted octanol–water partition coefficient (Wildman–Crippen LogP) is 2.75. The molecule has 3 nitrogen and oxygen atoms in total. The van der Waals surface area contributed by atoms with Gasteiger partial charge in [-0.15, -0.1) is 0 Å². The van der Waals surface area contributed by atoms with E-state index in [1.54, 1.807) is 6.07 Å². The van der Waals surface area contributed by atoms with Crippen molar-refractivity contribution in [3.8, 4) is 0 Å². The minimum atomic E-state index is -0.224. The van der Waals surface area contributed by atoms with E-state index < -0.39 is 0 Å². The van der Waals surface area contributed by atoms with Crippen LogP contribution in [0.15, 0.2) is 24.3 Å². The third kappa shape index (κ3) is 3.67. The number of fused-ring (bicyclic) bond motifs is 1. The first-order valence-electron chi connectivity index (χ1n) is 8.48. The van der Waals surface area contributed by atoms with Gasteiger partial charge in [0, 0.05) is 19.0 Å². The highest BCUT2D eigenvalue weighted by atomic mass is 19.1. The maximum Gasteiger partial charge on any atom is 0.223 e. The van der Waals surface area contributed by atoms with Crippen LogP contribution >= 0.6 is 0 Å². The van der Waals surface area contributed by atoms with Crippen molar-refractivity contribution >= 4 is 5.91 Å². The van der Waals surface area contributed by atoms with Crippen LogP contribution in [0.4, 0.5) is 4.39 Å². The number of nitrogens with one attached hydrogen (secondary N) is 1. The fourth-order valence-corrected chi connectivity index (χ4v) is 3.87. The van der Waals surface area contributed by atoms with Crippen molar-refractivity contribution in [1.29, 1.82) is 0 Å². The van der Waals surface area contributed by atoms with Gasteiger partial charge in [-0.05, 0) is 62.4 Å². The van der Waals surface area contributed by atoms with E-state index in [2.05, 4.69) is 10.2 Å². The lowest BCUT2D eigenvalue weighted by Crippen LogP contribution is -2.51. The summed E-state index contributed by atoms with van der Waals surface area (Å²) >= 11 is 0. The van der Waals surface area contributed by atoms with Crippen LogP contribution < -0.4 is 5.32 Å². The summed E-state index contributed by atoms with van der Waals surface area (Å²) in [6, 6.07) is 6.99. The Morgan fingerprint density at radius 3 is 3.09 bits per heavy atom. The van der Waals surface area contributed by atoms with Crippen LogP contribution in [-0.4, -0.2) is 36.5 Å². The Labute approximate surface area is 131 Å². The van der Waals surface area contributed by atoms with Gasteiger partial charge in [0.25, 0.3) is 0 Å². The molecule has 0 aliphatic carbocycles. The van der Waals surface area contributed by atoms with Crippen molar-refractivity contribution in [2.75, 3.05) is 19.6 Å². The van der Waals surface area contributed by atoms with E-state index in [9.17, 15) is 9.18 Å². The van der Waals surface area contributed by atoms with E-state index in [4.69, 9.17) is 0 Å². The molecule has 4 heteroatoms. The summed E-state index contributed by atoms with van der Waals surface area (Å²) < 4.78 is 13.2. The molecule has 0 saturated carbocycles. The lowest BCUT2D eigenvalue weighted by atomic mass is 9.89. The minimum Gasteiger partial charge on any atom is -0.339 e. The molecule has 2 fully saturated rings. The average molecular weight is 304 g/mol. The number of nitrogens with zero attached hydrogens (tertiary/aromatic N) is 1. The molecule has 0 radical (unpaired) electrons. The smallest absolute Gasteiger partial charge is 0.223 e. The van der Waals surface area contributed by atoms with Crippen LogP contribution in [0.2, 0.25) is 0 Å². The van der Waals surface area contributed by atoms with E-state index in [1.807, 2.05) is 6.07 Å². The van der Waals surface area contributed by atoms with Gasteiger partial charge >= 0.3 is 0 Å². The maximum absolute atomic E-state index is 13.2. The lowest BCUT2D eigenvalue weighted by molar-refractivity contribution is -0.134. The van der Waals surface area contributed by atoms with Crippen molar-refractivity contribution in [2.24, 2.45) is 5.92 Å². The highest BCUT2D eigenvalue weighted by Crippen LogP contribution is 2.27. The molecule has 2 heterocycles. The normalized spacial score (nSPS) is 25.4. The minimum absolute atomic E-state index is 0.224. The molecule has 22 heavy (non-hydrogen) atoms. The number of benzene rings is 1. The summed E-state index contributed by atoms with van der Waals surface area (Å²) in [7, 11) is 0. The van der Waals surface area contributed by atoms with Gasteiger partial charge in [-0.1, -0.05) is 18.6 Å². The largest absolute Gasteiger partial charge is 0.339 e. The summed E-state index contributed by atoms with van der Waals surface area (Å²) in [6.07, 6.45) is 5.74. The zero-order chi connectivity index (χ0) is 15.4. The highest BCUT2D eigenvalue weighted by molar-refractivity contribution is 5.77. The lowest BCUT2D eigenvalue weighted by Gasteiger charge is -2.38. The van der Waals surface area contributed by atoms with Gasteiger partial charge in [0.05, 0.1) is 0 Å². The van der Waals surface area contributed by atoms with Crippen LogP contribution in [0.5, 0.6) is 0 Å². The van der Waals surface area contributed by atoms with Crippen molar-refractivity contribution in [3.63, 3.8) is 0 Å². The Hall–Kier alpha value is -1.42. The first kappa shape index (κ1) is 15.5. The highest BCUT2D eigenvalue weighted by Gasteiger charge is 2.33. The van der Waals surface area contributed by atoms with E-state index in [0.717, 1.165) is 38.0 Å². The molecule has 2 aliphatic rings. The van der Waals surface area contributed by atoms with Crippen molar-refractivity contribution in [3.05, 3.63) is 35.6 Å². The number of hydrogen-bond donors (Lipinski definition) is 1. The van der Waals surface area contributed by atoms with Crippen LogP contribution in [-0.2, 0) is 11.2 Å². The van der Waals surface area contributed by atoms with Crippen molar-refractivity contribution in [1.82, 2.24) is 10.2 Å². The third-order valence-corrected chi connectivity index (χ3v) is 5.03. The van der Waals surface area contributed by atoms with Crippen LogP contribution in [0.3, 0.4) is 0 Å². The summed E-state index contributed by atoms with van der Waals surface area (Å²) in [6.45, 7) is 2.94. The van der Waals surface area contributed by atoms with Gasteiger partial charge in [0.15, 0.2) is 0 Å². The number of hydrogen-bond acceptors (Lipinski definition) is 2. The number of carbonyl (C=O) groups excluding carboxylic acids is 1. The maximum atomic E-state index is 13.2. The van der Waals surface area contributed by atoms with Crippen LogP contribution in [0.25, 0.3) is 0 Å². The SMILES string of the molecule is O=C(CCc1cccc(F)c1)N1CCCC[C@H]2CNCC[C@H]21. The molecule has 120 valence electrons. The van der Waals surface area contributed by atoms with Gasteiger partial charge in [0.2, 0.25) is 5.91 Å². The molecule has 1 amide bonds. The summed E-state index contributed by atoms with van der Waals surface area (Å²) in [5.74, 6) is 0.621. The Morgan fingerprint density at radius 2 is 2.23 bits per heavy atom. The standard InChI is InChI=1S/C18H25FN2O/c19-16-6-3-4-14(12-16)7-8-18(22)21-11-2-1-5-15-13-20-10-9-17(15)21/h3-4,6,12,15,17,20H,1-2,5,7-11,13H2/t15-,17+/m0/s1. The van der Waals surface area contributed by atoms with Gasteiger partial charge in [-0.25, -0.2) is 4.39 Å². The number of likely N-dealkylation sites (tertiary alicyclic amines) is 1. The molecule has 2 atom stereocenters. The molecule has 2 saturated heterocycles. The second-order valence-electron chi connectivity index (χ2n) is 6.53. The molecule has 1 N–H and O–H groups in total. The molecule has 0 unspecified atom stereocenters. The van der Waals surface area contributed by atoms with E-state index in [1.165, 1.54) is 25.0 Å². The first-order chi connectivity index (χ1) is 10.7. The molecule has 0 aromatic heterocycles. The number of halogens is 1. The zero-order valence-electron chi connectivity index (χ0n) is 13.1. The number of piperidine rings is 1. The molecular formula is C18H25FN2O. The van der Waals surface area contributed by atoms with Gasteiger partial charge in [-0.2, -0.15) is 0 Å². The average Bonchev–Trinajstić information content (AvgIpc) is 2.75. The second-order valence-corrected chi connectivity index (χ2v) is 6.53. The van der Waals surface area contributed by atoms with Crippen LogP contribution in [0.1, 0.15) is 37.7 Å². The van der Waals surface area contributed by atoms with E-state index in [0.29, 0.717) is 24.8 Å². The second kappa shape index (κ2) is 7.23. The fraction of sp³-hybridized carbons (Fsp3) is 0.611. The monoisotopic (exact) mass is 304 g/mol. The van der Waals surface area contributed by atoms with Crippen LogP contribution in [0, 0.1) is 11.7 Å². The Balaban J connectivity index is 1.62. The summed E-state index contributed by atoms with van der Waals surface area (Å²) in [5.41, 5.74) is 0.907. The molecule has 2 aliphatic heterocycles. The number of amides is 1. The first-order valence-corrected chi connectivity index (χ1v) is 8.48. The third-order valence-electron chi connectivity index (χ3n) is 5.03. The number of rotatable bonds is 3. The summed E-state index contributed by atoms with van der Waals surface area (Å²) in [4.78, 5) is 14.8. The zero-order valence-corrected chi connectivity index (χ0v) is 13.1. The summed E-state index contributed by atoms with van der Waals surface area (Å²) in [5, 5.41) is 3.46. The topological polar surface area (TPSA) is 32.3 Å². The quantitative estimate of drug-likeness (QED) is 0.931. The van der Waals surface area contributed by atoms with Gasteiger partial charge < -0.3 is 10.2 Å². The van der Waals surface area contributed by atoms with E-state index >= 15 is 0 Å². The molecule has 3 rings (SSSR count). The molecule has 0 spiro atoms. The van der Waals surface area contributed by atoms with E-state index in [-0.39, 0.29) is 11.7 Å². The fourth-order valence-electron chi connectivity index (χ4n) is 3.87. The van der Waals surface area contributed by atoms with Crippen molar-refractivity contribution < 1.29 is 9.18 Å². The van der Waals surface area contributed by atoms with Gasteiger partial charge in [0.1, 0.15) is 5.82 Å². The molecule has 1 aromatic carbocycles. The van der Waals surface area contributed by atoms with Gasteiger partial charge in [-0.3, -0.25) is 4.79 Å². The van der Waals surface area contributed by atoms with Crippen molar-refractivity contribution in [2.45, 2.75) is 44.6 Å². The molecular weight excluding hydrogens is 279 g/mol. The number of aryl methyl sites for hydroxylation is 1. The molecule has 0 bridgehead atoms. The Kier molecular flexibility index (Phi) is 5.08. The number of carbonyl (C=O) groups is 1.